The van der Waals surface area contributed by atoms with E-state index < -0.39 is 0 Å². The molecule has 0 saturated carbocycles. The van der Waals surface area contributed by atoms with Gasteiger partial charge in [-0.2, -0.15) is 0 Å². The van der Waals surface area contributed by atoms with E-state index in [0.29, 0.717) is 5.69 Å². The van der Waals surface area contributed by atoms with E-state index in [2.05, 4.69) is 10.6 Å². The van der Waals surface area contributed by atoms with Gasteiger partial charge in [0, 0.05) is 48.4 Å². The van der Waals surface area contributed by atoms with E-state index in [9.17, 15) is 5.11 Å². The van der Waals surface area contributed by atoms with Gasteiger partial charge >= 0.3 is 0 Å². The van der Waals surface area contributed by atoms with Gasteiger partial charge in [-0.25, -0.2) is 0 Å². The van der Waals surface area contributed by atoms with Crippen molar-refractivity contribution >= 4 is 17.1 Å². The Morgan fingerprint density at radius 3 is 2.39 bits per heavy atom. The Hall–Kier alpha value is -2.36. The minimum absolute atomic E-state index is 0.228. The van der Waals surface area contributed by atoms with Crippen LogP contribution in [-0.4, -0.2) is 19.2 Å². The van der Waals surface area contributed by atoms with Gasteiger partial charge in [-0.3, -0.25) is 0 Å². The third kappa shape index (κ3) is 2.18. The second-order valence-electron chi connectivity index (χ2n) is 4.03. The Balaban J connectivity index is 2.60. The first-order valence-corrected chi connectivity index (χ1v) is 5.74. The third-order valence-electron chi connectivity index (χ3n) is 2.90. The zero-order valence-electron chi connectivity index (χ0n) is 10.5. The van der Waals surface area contributed by atoms with Gasteiger partial charge in [0.05, 0.1) is 0 Å². The number of nitrogens with two attached hydrogens (primary N) is 1. The van der Waals surface area contributed by atoms with Crippen LogP contribution < -0.4 is 16.4 Å². The van der Waals surface area contributed by atoms with E-state index in [0.717, 1.165) is 22.5 Å². The van der Waals surface area contributed by atoms with Crippen molar-refractivity contribution in [2.45, 2.75) is 0 Å². The molecule has 0 radical (unpaired) electrons. The Bertz CT molecular complexity index is 567. The zero-order chi connectivity index (χ0) is 13.1. The molecule has 0 aromatic heterocycles. The van der Waals surface area contributed by atoms with E-state index >= 15 is 0 Å². The van der Waals surface area contributed by atoms with Crippen molar-refractivity contribution in [1.29, 1.82) is 0 Å². The molecular weight excluding hydrogens is 226 g/mol. The van der Waals surface area contributed by atoms with E-state index in [4.69, 9.17) is 5.73 Å². The van der Waals surface area contributed by atoms with Crippen LogP contribution >= 0.6 is 0 Å². The Morgan fingerprint density at radius 2 is 1.72 bits per heavy atom. The minimum Gasteiger partial charge on any atom is -0.508 e. The van der Waals surface area contributed by atoms with Crippen LogP contribution in [-0.2, 0) is 0 Å². The monoisotopic (exact) mass is 243 g/mol. The predicted octanol–water partition coefficient (Wildman–Crippen LogP) is 2.72. The summed E-state index contributed by atoms with van der Waals surface area (Å²) in [6, 6.07) is 11.0. The average molecular weight is 243 g/mol. The minimum atomic E-state index is 0.228. The number of nitrogen functional groups attached to an aromatic ring is 1. The highest BCUT2D eigenvalue weighted by Crippen LogP contribution is 2.35. The maximum Gasteiger partial charge on any atom is 0.117 e. The van der Waals surface area contributed by atoms with E-state index in [-0.39, 0.29) is 5.75 Å². The molecule has 0 aliphatic carbocycles. The molecule has 0 aliphatic heterocycles. The lowest BCUT2D eigenvalue weighted by Gasteiger charge is -2.13. The topological polar surface area (TPSA) is 70.3 Å². The molecule has 4 nitrogen and oxygen atoms in total. The summed E-state index contributed by atoms with van der Waals surface area (Å²) >= 11 is 0. The molecule has 4 heteroatoms. The molecule has 2 aromatic rings. The summed E-state index contributed by atoms with van der Waals surface area (Å²) in [7, 11) is 3.68. The molecule has 0 fully saturated rings. The summed E-state index contributed by atoms with van der Waals surface area (Å²) in [6.07, 6.45) is 0. The number of anilines is 3. The van der Waals surface area contributed by atoms with Crippen LogP contribution in [0.3, 0.4) is 0 Å². The van der Waals surface area contributed by atoms with Crippen molar-refractivity contribution in [3.05, 3.63) is 36.4 Å². The Labute approximate surface area is 106 Å². The van der Waals surface area contributed by atoms with Gasteiger partial charge < -0.3 is 21.5 Å². The fourth-order valence-electron chi connectivity index (χ4n) is 1.92. The lowest BCUT2D eigenvalue weighted by molar-refractivity contribution is 0.475. The normalized spacial score (nSPS) is 10.1. The fraction of sp³-hybridized carbons (Fsp3) is 0.143. The molecule has 0 atom stereocenters. The Kier molecular flexibility index (Phi) is 3.28. The lowest BCUT2D eigenvalue weighted by atomic mass is 10.0. The van der Waals surface area contributed by atoms with E-state index in [1.165, 1.54) is 0 Å². The van der Waals surface area contributed by atoms with Crippen LogP contribution in [0.5, 0.6) is 5.75 Å². The number of nitrogens with one attached hydrogen (secondary N) is 2. The smallest absolute Gasteiger partial charge is 0.117 e. The molecule has 0 heterocycles. The van der Waals surface area contributed by atoms with Crippen molar-refractivity contribution in [2.24, 2.45) is 0 Å². The van der Waals surface area contributed by atoms with Gasteiger partial charge in [-0.05, 0) is 30.3 Å². The van der Waals surface area contributed by atoms with Gasteiger partial charge in [-0.15, -0.1) is 0 Å². The van der Waals surface area contributed by atoms with Gasteiger partial charge in [0.25, 0.3) is 0 Å². The molecule has 94 valence electrons. The summed E-state index contributed by atoms with van der Waals surface area (Å²) in [6.45, 7) is 0. The fourth-order valence-corrected chi connectivity index (χ4v) is 1.92. The number of benzene rings is 2. The zero-order valence-corrected chi connectivity index (χ0v) is 10.5. The number of hydrogen-bond acceptors (Lipinski definition) is 4. The molecule has 0 unspecified atom stereocenters. The SMILES string of the molecule is CNc1ccc(N)c(-c2ccc(O)cc2NC)c1. The van der Waals surface area contributed by atoms with Gasteiger partial charge in [-0.1, -0.05) is 0 Å². The van der Waals surface area contributed by atoms with Crippen LogP contribution in [0.2, 0.25) is 0 Å². The molecule has 0 bridgehead atoms. The largest absolute Gasteiger partial charge is 0.508 e. The first-order valence-electron chi connectivity index (χ1n) is 5.74. The molecule has 2 aromatic carbocycles. The van der Waals surface area contributed by atoms with Crippen molar-refractivity contribution in [3.63, 3.8) is 0 Å². The van der Waals surface area contributed by atoms with E-state index in [1.54, 1.807) is 12.1 Å². The highest BCUT2D eigenvalue weighted by atomic mass is 16.3. The molecule has 0 aliphatic rings. The average Bonchev–Trinajstić information content (AvgIpc) is 2.39. The van der Waals surface area contributed by atoms with Crippen LogP contribution in [0, 0.1) is 0 Å². The second-order valence-corrected chi connectivity index (χ2v) is 4.03. The number of phenols is 1. The van der Waals surface area contributed by atoms with E-state index in [1.807, 2.05) is 38.4 Å². The van der Waals surface area contributed by atoms with Gasteiger partial charge in [0.15, 0.2) is 0 Å². The van der Waals surface area contributed by atoms with Crippen LogP contribution in [0.15, 0.2) is 36.4 Å². The maximum absolute atomic E-state index is 9.50. The highest BCUT2D eigenvalue weighted by molar-refractivity contribution is 5.87. The molecule has 5 N–H and O–H groups in total. The molecule has 0 saturated heterocycles. The summed E-state index contributed by atoms with van der Waals surface area (Å²) in [4.78, 5) is 0. The maximum atomic E-state index is 9.50. The quantitative estimate of drug-likeness (QED) is 0.626. The van der Waals surface area contributed by atoms with Crippen molar-refractivity contribution in [2.75, 3.05) is 30.5 Å². The number of rotatable bonds is 3. The summed E-state index contributed by atoms with van der Waals surface area (Å²) in [5.74, 6) is 0.228. The standard InChI is InChI=1S/C14H17N3O/c1-16-9-3-6-13(15)12(7-9)11-5-4-10(18)8-14(11)17-2/h3-8,16-18H,15H2,1-2H3. The summed E-state index contributed by atoms with van der Waals surface area (Å²) in [5.41, 5.74) is 10.5. The second kappa shape index (κ2) is 4.87. The van der Waals surface area contributed by atoms with Crippen LogP contribution in [0.1, 0.15) is 0 Å². The van der Waals surface area contributed by atoms with Gasteiger partial charge in [0.1, 0.15) is 5.75 Å². The summed E-state index contributed by atoms with van der Waals surface area (Å²) < 4.78 is 0. The lowest BCUT2D eigenvalue weighted by Crippen LogP contribution is -1.97. The number of hydrogen-bond donors (Lipinski definition) is 4. The highest BCUT2D eigenvalue weighted by Gasteiger charge is 2.09. The summed E-state index contributed by atoms with van der Waals surface area (Å²) in [5, 5.41) is 15.7. The van der Waals surface area contributed by atoms with Gasteiger partial charge in [0.2, 0.25) is 0 Å². The third-order valence-corrected chi connectivity index (χ3v) is 2.90. The van der Waals surface area contributed by atoms with Crippen molar-refractivity contribution < 1.29 is 5.11 Å². The predicted molar refractivity (Wildman–Crippen MR) is 77.0 cm³/mol. The molecule has 18 heavy (non-hydrogen) atoms. The first-order chi connectivity index (χ1) is 8.65. The first kappa shape index (κ1) is 12.1. The van der Waals surface area contributed by atoms with Crippen molar-refractivity contribution in [3.8, 4) is 16.9 Å². The molecular formula is C14H17N3O. The van der Waals surface area contributed by atoms with Crippen molar-refractivity contribution in [1.82, 2.24) is 0 Å². The molecule has 0 amide bonds. The molecule has 2 rings (SSSR count). The van der Waals surface area contributed by atoms with Crippen LogP contribution in [0.25, 0.3) is 11.1 Å². The van der Waals surface area contributed by atoms with Crippen LogP contribution in [0.4, 0.5) is 17.1 Å². The Morgan fingerprint density at radius 1 is 0.944 bits per heavy atom. The number of aromatic hydroxyl groups is 1. The number of phenolic OH excluding ortho intramolecular Hbond substituents is 1. The molecule has 0 spiro atoms.